The zero-order valence-electron chi connectivity index (χ0n) is 21.4. The molecule has 1 amide bonds. The van der Waals surface area contributed by atoms with Crippen molar-refractivity contribution in [2.75, 3.05) is 32.7 Å². The van der Waals surface area contributed by atoms with Gasteiger partial charge in [-0.1, -0.05) is 6.07 Å². The second-order valence-electron chi connectivity index (χ2n) is 10.5. The van der Waals surface area contributed by atoms with Gasteiger partial charge in [0, 0.05) is 43.0 Å². The van der Waals surface area contributed by atoms with Crippen LogP contribution < -0.4 is 10.6 Å². The van der Waals surface area contributed by atoms with Gasteiger partial charge in [-0.3, -0.25) is 9.20 Å². The van der Waals surface area contributed by atoms with E-state index in [0.29, 0.717) is 36.2 Å². The maximum atomic E-state index is 15.1. The first-order chi connectivity index (χ1) is 18.5. The van der Waals surface area contributed by atoms with E-state index in [9.17, 15) is 9.18 Å². The molecule has 2 aliphatic heterocycles. The fourth-order valence-corrected chi connectivity index (χ4v) is 5.70. The number of piperidine rings is 1. The molecule has 38 heavy (non-hydrogen) atoms. The van der Waals surface area contributed by atoms with E-state index in [1.165, 1.54) is 0 Å². The van der Waals surface area contributed by atoms with E-state index in [2.05, 4.69) is 20.5 Å². The highest BCUT2D eigenvalue weighted by atomic mass is 19.1. The predicted octanol–water partition coefficient (Wildman–Crippen LogP) is 5.27. The number of amides is 1. The summed E-state index contributed by atoms with van der Waals surface area (Å²) in [6.45, 7) is 4.00. The van der Waals surface area contributed by atoms with Gasteiger partial charge in [-0.25, -0.2) is 13.8 Å². The number of rotatable bonds is 7. The lowest BCUT2D eigenvalue weighted by Crippen LogP contribution is -2.36. The average molecular weight is 518 g/mol. The molecule has 6 rings (SSSR count). The van der Waals surface area contributed by atoms with Gasteiger partial charge in [-0.05, 0) is 98.6 Å². The molecule has 2 fully saturated rings. The molecule has 4 heterocycles. The lowest BCUT2D eigenvalue weighted by atomic mass is 10.0. The molecule has 2 saturated heterocycles. The molecular weight excluding hydrogens is 484 g/mol. The van der Waals surface area contributed by atoms with E-state index < -0.39 is 6.17 Å². The molecule has 0 saturated carbocycles. The number of imidazole rings is 1. The minimum atomic E-state index is -0.666. The smallest absolute Gasteiger partial charge is 0.251 e. The van der Waals surface area contributed by atoms with Crippen LogP contribution in [0.25, 0.3) is 27.8 Å². The monoisotopic (exact) mass is 517 g/mol. The van der Waals surface area contributed by atoms with Crippen LogP contribution in [-0.2, 0) is 0 Å². The Morgan fingerprint density at radius 1 is 1.08 bits per heavy atom. The van der Waals surface area contributed by atoms with Gasteiger partial charge in [0.2, 0.25) is 0 Å². The highest BCUT2D eigenvalue weighted by molar-refractivity contribution is 5.98. The molecule has 0 spiro atoms. The van der Waals surface area contributed by atoms with Crippen LogP contribution in [-0.4, -0.2) is 59.1 Å². The maximum absolute atomic E-state index is 15.1. The number of hydrogen-bond acceptors (Lipinski definition) is 4. The number of halogens is 2. The topological polar surface area (TPSA) is 61.7 Å². The van der Waals surface area contributed by atoms with E-state index in [0.717, 1.165) is 67.6 Å². The Bertz CT molecular complexity index is 1450. The number of fused-ring (bicyclic) bond motifs is 3. The van der Waals surface area contributed by atoms with Crippen molar-refractivity contribution in [3.05, 3.63) is 71.7 Å². The van der Waals surface area contributed by atoms with Crippen molar-refractivity contribution in [2.45, 2.75) is 44.3 Å². The number of likely N-dealkylation sites (tertiary alicyclic amines) is 1. The largest absolute Gasteiger partial charge is 0.352 e. The summed E-state index contributed by atoms with van der Waals surface area (Å²) in [7, 11) is 0. The van der Waals surface area contributed by atoms with E-state index in [1.54, 1.807) is 6.07 Å². The molecular formula is C30H33F2N5O. The predicted molar refractivity (Wildman–Crippen MR) is 146 cm³/mol. The van der Waals surface area contributed by atoms with E-state index in [1.807, 2.05) is 53.1 Å². The molecule has 1 atom stereocenters. The first kappa shape index (κ1) is 24.9. The molecule has 0 radical (unpaired) electrons. The van der Waals surface area contributed by atoms with Crippen molar-refractivity contribution in [3.63, 3.8) is 0 Å². The van der Waals surface area contributed by atoms with Crippen molar-refractivity contribution in [3.8, 4) is 11.3 Å². The van der Waals surface area contributed by atoms with Crippen LogP contribution in [0.15, 0.2) is 54.7 Å². The molecule has 4 aromatic rings. The number of hydrogen-bond donors (Lipinski definition) is 2. The summed E-state index contributed by atoms with van der Waals surface area (Å²) in [5.41, 5.74) is 4.26. The summed E-state index contributed by atoms with van der Waals surface area (Å²) < 4.78 is 30.3. The molecule has 1 unspecified atom stereocenters. The normalized spacial score (nSPS) is 18.9. The highest BCUT2D eigenvalue weighted by Gasteiger charge is 2.20. The number of nitrogens with one attached hydrogen (secondary N) is 2. The lowest BCUT2D eigenvalue weighted by molar-refractivity contribution is 0.0950. The van der Waals surface area contributed by atoms with Crippen LogP contribution >= 0.6 is 0 Å². The van der Waals surface area contributed by atoms with Crippen molar-refractivity contribution in [1.82, 2.24) is 24.9 Å². The van der Waals surface area contributed by atoms with Gasteiger partial charge in [0.05, 0.1) is 11.2 Å². The third-order valence-electron chi connectivity index (χ3n) is 7.88. The average Bonchev–Trinajstić information content (AvgIpc) is 3.62. The van der Waals surface area contributed by atoms with Crippen molar-refractivity contribution in [2.24, 2.45) is 0 Å². The first-order valence-corrected chi connectivity index (χ1v) is 13.6. The molecule has 198 valence electrons. The number of aromatic nitrogens is 2. The van der Waals surface area contributed by atoms with Crippen LogP contribution in [0.1, 0.15) is 54.1 Å². The van der Waals surface area contributed by atoms with Gasteiger partial charge in [-0.2, -0.15) is 0 Å². The van der Waals surface area contributed by atoms with Gasteiger partial charge in [0.15, 0.2) is 0 Å². The van der Waals surface area contributed by atoms with Crippen LogP contribution in [0.4, 0.5) is 8.78 Å². The molecule has 2 N–H and O–H groups in total. The first-order valence-electron chi connectivity index (χ1n) is 13.6. The van der Waals surface area contributed by atoms with E-state index in [-0.39, 0.29) is 17.8 Å². The molecule has 0 aliphatic carbocycles. The number of benzene rings is 2. The third kappa shape index (κ3) is 5.15. The summed E-state index contributed by atoms with van der Waals surface area (Å²) >= 11 is 0. The standard InChI is InChI=1S/C30H33F2N5O/c31-23-10-15-36(16-11-23)14-2-13-34-30(38)22-5-8-28-21(17-22)6-9-29-35-27(19-37(28)29)24-7-4-20(18-25(24)32)26-3-1-12-33-26/h4-9,17-19,23,26,33H,1-3,10-16H2,(H,34,38). The SMILES string of the molecule is O=C(NCCCN1CCC(F)CC1)c1ccc2c(ccc3nc(-c4ccc(C5CCCN5)cc4F)cn32)c1. The number of alkyl halides is 1. The zero-order valence-corrected chi connectivity index (χ0v) is 21.4. The van der Waals surface area contributed by atoms with Crippen molar-refractivity contribution in [1.29, 1.82) is 0 Å². The number of pyridine rings is 1. The van der Waals surface area contributed by atoms with Gasteiger partial charge >= 0.3 is 0 Å². The lowest BCUT2D eigenvalue weighted by Gasteiger charge is -2.28. The van der Waals surface area contributed by atoms with E-state index >= 15 is 4.39 Å². The van der Waals surface area contributed by atoms with Crippen LogP contribution in [0, 0.1) is 5.82 Å². The Morgan fingerprint density at radius 3 is 2.74 bits per heavy atom. The molecule has 0 bridgehead atoms. The quantitative estimate of drug-likeness (QED) is 0.328. The molecule has 6 nitrogen and oxygen atoms in total. The maximum Gasteiger partial charge on any atom is 0.251 e. The Hall–Kier alpha value is -3.36. The summed E-state index contributed by atoms with van der Waals surface area (Å²) in [5, 5.41) is 7.32. The second-order valence-corrected chi connectivity index (χ2v) is 10.5. The Morgan fingerprint density at radius 2 is 1.95 bits per heavy atom. The highest BCUT2D eigenvalue weighted by Crippen LogP contribution is 2.30. The molecule has 2 aromatic carbocycles. The Labute approximate surface area is 221 Å². The number of carbonyl (C=O) groups excluding carboxylic acids is 1. The van der Waals surface area contributed by atoms with Gasteiger partial charge in [0.25, 0.3) is 5.91 Å². The Balaban J connectivity index is 1.15. The van der Waals surface area contributed by atoms with Crippen LogP contribution in [0.3, 0.4) is 0 Å². The van der Waals surface area contributed by atoms with Gasteiger partial charge in [0.1, 0.15) is 17.6 Å². The fourth-order valence-electron chi connectivity index (χ4n) is 5.70. The van der Waals surface area contributed by atoms with Crippen LogP contribution in [0.2, 0.25) is 0 Å². The third-order valence-corrected chi connectivity index (χ3v) is 7.88. The van der Waals surface area contributed by atoms with Gasteiger partial charge in [-0.15, -0.1) is 0 Å². The fraction of sp³-hybridized carbons (Fsp3) is 0.400. The summed E-state index contributed by atoms with van der Waals surface area (Å²) in [6.07, 6.45) is 5.38. The van der Waals surface area contributed by atoms with Crippen molar-refractivity contribution < 1.29 is 13.6 Å². The number of carbonyl (C=O) groups is 1. The summed E-state index contributed by atoms with van der Waals surface area (Å²) in [5.74, 6) is -0.380. The summed E-state index contributed by atoms with van der Waals surface area (Å²) in [4.78, 5) is 19.7. The van der Waals surface area contributed by atoms with Gasteiger partial charge < -0.3 is 15.5 Å². The van der Waals surface area contributed by atoms with Crippen LogP contribution in [0.5, 0.6) is 0 Å². The zero-order chi connectivity index (χ0) is 26.1. The Kier molecular flexibility index (Phi) is 7.08. The number of nitrogens with zero attached hydrogens (tertiary/aromatic N) is 3. The molecule has 2 aromatic heterocycles. The minimum absolute atomic E-state index is 0.111. The van der Waals surface area contributed by atoms with E-state index in [4.69, 9.17) is 0 Å². The summed E-state index contributed by atoms with van der Waals surface area (Å²) in [6, 6.07) is 15.1. The molecule has 2 aliphatic rings. The second kappa shape index (κ2) is 10.8. The van der Waals surface area contributed by atoms with Crippen molar-refractivity contribution >= 4 is 22.5 Å². The molecule has 8 heteroatoms. The minimum Gasteiger partial charge on any atom is -0.352 e.